The largest absolute Gasteiger partial charge is 0.453 e. The highest BCUT2D eigenvalue weighted by Crippen LogP contribution is 2.29. The van der Waals surface area contributed by atoms with Gasteiger partial charge in [-0.3, -0.25) is 4.90 Å². The third-order valence-electron chi connectivity index (χ3n) is 6.20. The molecule has 1 heterocycles. The zero-order valence-electron chi connectivity index (χ0n) is 19.5. The summed E-state index contributed by atoms with van der Waals surface area (Å²) in [7, 11) is 1.46. The van der Waals surface area contributed by atoms with Crippen molar-refractivity contribution in [1.82, 2.24) is 4.90 Å². The molecule has 4 nitrogen and oxygen atoms in total. The van der Waals surface area contributed by atoms with Crippen molar-refractivity contribution < 1.29 is 14.3 Å². The van der Waals surface area contributed by atoms with Crippen molar-refractivity contribution in [3.8, 4) is 0 Å². The number of carbonyl (C=O) groups is 1. The molecule has 0 N–H and O–H groups in total. The highest BCUT2D eigenvalue weighted by Gasteiger charge is 2.38. The molecule has 0 spiro atoms. The van der Waals surface area contributed by atoms with Crippen LogP contribution in [0.3, 0.4) is 0 Å². The fourth-order valence-electron chi connectivity index (χ4n) is 4.35. The summed E-state index contributed by atoms with van der Waals surface area (Å²) in [6.45, 7) is 6.42. The van der Waals surface area contributed by atoms with Crippen LogP contribution in [0.15, 0.2) is 55.1 Å². The van der Waals surface area contributed by atoms with E-state index in [-0.39, 0.29) is 24.3 Å². The molecular formula is C27H41NO3. The van der Waals surface area contributed by atoms with E-state index in [1.807, 2.05) is 29.2 Å². The molecule has 4 heteroatoms. The minimum atomic E-state index is -0.251. The Bertz CT molecular complexity index is 658. The Balaban J connectivity index is 1.77. The molecule has 1 fully saturated rings. The van der Waals surface area contributed by atoms with Crippen LogP contribution in [-0.4, -0.2) is 36.3 Å². The average Bonchev–Trinajstić information content (AvgIpc) is 2.80. The Labute approximate surface area is 189 Å². The van der Waals surface area contributed by atoms with E-state index in [9.17, 15) is 4.79 Å². The number of allylic oxidation sites excluding steroid dienone is 2. The van der Waals surface area contributed by atoms with Crippen LogP contribution in [0.2, 0.25) is 0 Å². The van der Waals surface area contributed by atoms with Gasteiger partial charge in [0.25, 0.3) is 0 Å². The topological polar surface area (TPSA) is 38.8 Å². The first-order chi connectivity index (χ1) is 15.2. The second kappa shape index (κ2) is 14.9. The number of amides is 1. The molecule has 3 atom stereocenters. The molecule has 1 aliphatic heterocycles. The van der Waals surface area contributed by atoms with Gasteiger partial charge in [-0.1, -0.05) is 67.8 Å². The van der Waals surface area contributed by atoms with Gasteiger partial charge in [0.1, 0.15) is 0 Å². The SMILES string of the molecule is C=CCCCCCCC/C=C/C[C@H]1CC[C@H](OCc2ccccc2)[C@H](C)N1C(=O)OC. The molecule has 1 aliphatic rings. The van der Waals surface area contributed by atoms with E-state index in [1.165, 1.54) is 39.2 Å². The number of methoxy groups -OCH3 is 1. The van der Waals surface area contributed by atoms with Crippen LogP contribution in [0.25, 0.3) is 0 Å². The van der Waals surface area contributed by atoms with Gasteiger partial charge < -0.3 is 9.47 Å². The second-order valence-corrected chi connectivity index (χ2v) is 8.53. The minimum Gasteiger partial charge on any atom is -0.453 e. The standard InChI is InChI=1S/C27H41NO3/c1-4-5-6-7-8-9-10-11-12-16-19-25-20-21-26(23(2)28(25)27(29)30-3)31-22-24-17-14-13-15-18-24/h4,12-18,23,25-26H,1,5-11,19-22H2,2-3H3/b16-12+/t23-,25-,26-/m0/s1. The summed E-state index contributed by atoms with van der Waals surface area (Å²) in [5, 5.41) is 0. The maximum Gasteiger partial charge on any atom is 0.410 e. The Morgan fingerprint density at radius 2 is 1.77 bits per heavy atom. The Morgan fingerprint density at radius 3 is 2.48 bits per heavy atom. The molecular weight excluding hydrogens is 386 g/mol. The lowest BCUT2D eigenvalue weighted by atomic mass is 9.92. The van der Waals surface area contributed by atoms with E-state index in [0.717, 1.165) is 37.7 Å². The zero-order chi connectivity index (χ0) is 22.3. The number of ether oxygens (including phenoxy) is 2. The molecule has 1 aromatic carbocycles. The van der Waals surface area contributed by atoms with Crippen LogP contribution in [-0.2, 0) is 16.1 Å². The maximum absolute atomic E-state index is 12.5. The Morgan fingerprint density at radius 1 is 1.06 bits per heavy atom. The molecule has 0 bridgehead atoms. The van der Waals surface area contributed by atoms with Crippen molar-refractivity contribution in [3.05, 3.63) is 60.7 Å². The predicted molar refractivity (Wildman–Crippen MR) is 128 cm³/mol. The van der Waals surface area contributed by atoms with Gasteiger partial charge in [-0.05, 0) is 57.4 Å². The first kappa shape index (κ1) is 25.2. The van der Waals surface area contributed by atoms with E-state index >= 15 is 0 Å². The van der Waals surface area contributed by atoms with Crippen molar-refractivity contribution in [1.29, 1.82) is 0 Å². The number of carbonyl (C=O) groups excluding carboxylic acids is 1. The summed E-state index contributed by atoms with van der Waals surface area (Å²) < 4.78 is 11.3. The van der Waals surface area contributed by atoms with E-state index in [2.05, 4.69) is 37.8 Å². The van der Waals surface area contributed by atoms with Crippen LogP contribution in [0.5, 0.6) is 0 Å². The van der Waals surface area contributed by atoms with E-state index in [1.54, 1.807) is 0 Å². The van der Waals surface area contributed by atoms with Crippen molar-refractivity contribution >= 4 is 6.09 Å². The van der Waals surface area contributed by atoms with Crippen LogP contribution in [0.4, 0.5) is 4.79 Å². The van der Waals surface area contributed by atoms with Gasteiger partial charge in [-0.25, -0.2) is 4.79 Å². The number of piperidine rings is 1. The first-order valence-electron chi connectivity index (χ1n) is 11.9. The van der Waals surface area contributed by atoms with Crippen LogP contribution >= 0.6 is 0 Å². The summed E-state index contributed by atoms with van der Waals surface area (Å²) in [5.41, 5.74) is 1.16. The predicted octanol–water partition coefficient (Wildman–Crippen LogP) is 7.05. The first-order valence-corrected chi connectivity index (χ1v) is 11.9. The third kappa shape index (κ3) is 8.90. The lowest BCUT2D eigenvalue weighted by Crippen LogP contribution is -2.55. The van der Waals surface area contributed by atoms with Gasteiger partial charge in [0, 0.05) is 6.04 Å². The quantitative estimate of drug-likeness (QED) is 0.250. The van der Waals surface area contributed by atoms with Gasteiger partial charge >= 0.3 is 6.09 Å². The molecule has 0 saturated carbocycles. The smallest absolute Gasteiger partial charge is 0.410 e. The number of likely N-dealkylation sites (tertiary alicyclic amines) is 1. The summed E-state index contributed by atoms with van der Waals surface area (Å²) in [5.74, 6) is 0. The van der Waals surface area contributed by atoms with Crippen LogP contribution in [0.1, 0.15) is 76.7 Å². The van der Waals surface area contributed by atoms with E-state index in [0.29, 0.717) is 6.61 Å². The van der Waals surface area contributed by atoms with Gasteiger partial charge in [0.05, 0.1) is 25.9 Å². The van der Waals surface area contributed by atoms with E-state index < -0.39 is 0 Å². The average molecular weight is 428 g/mol. The lowest BCUT2D eigenvalue weighted by Gasteiger charge is -2.43. The maximum atomic E-state index is 12.5. The summed E-state index contributed by atoms with van der Waals surface area (Å²) in [6.07, 6.45) is 17.7. The van der Waals surface area contributed by atoms with Crippen molar-refractivity contribution in [2.24, 2.45) is 0 Å². The van der Waals surface area contributed by atoms with Gasteiger partial charge in [-0.2, -0.15) is 0 Å². The van der Waals surface area contributed by atoms with Crippen molar-refractivity contribution in [3.63, 3.8) is 0 Å². The summed E-state index contributed by atoms with van der Waals surface area (Å²) in [6, 6.07) is 10.4. The Hall–Kier alpha value is -2.07. The zero-order valence-corrected chi connectivity index (χ0v) is 19.5. The summed E-state index contributed by atoms with van der Waals surface area (Å²) >= 11 is 0. The van der Waals surface area contributed by atoms with Gasteiger partial charge in [0.15, 0.2) is 0 Å². The molecule has 1 aromatic rings. The number of unbranched alkanes of at least 4 members (excludes halogenated alkanes) is 6. The molecule has 31 heavy (non-hydrogen) atoms. The Kier molecular flexibility index (Phi) is 12.1. The number of rotatable bonds is 13. The highest BCUT2D eigenvalue weighted by atomic mass is 16.5. The van der Waals surface area contributed by atoms with Crippen LogP contribution in [0, 0.1) is 0 Å². The number of hydrogen-bond donors (Lipinski definition) is 0. The number of hydrogen-bond acceptors (Lipinski definition) is 3. The molecule has 0 radical (unpaired) electrons. The molecule has 172 valence electrons. The molecule has 0 aromatic heterocycles. The monoisotopic (exact) mass is 427 g/mol. The normalized spacial score (nSPS) is 21.4. The fourth-order valence-corrected chi connectivity index (χ4v) is 4.35. The van der Waals surface area contributed by atoms with Gasteiger partial charge in [0.2, 0.25) is 0 Å². The van der Waals surface area contributed by atoms with E-state index in [4.69, 9.17) is 9.47 Å². The fraction of sp³-hybridized carbons (Fsp3) is 0.593. The molecule has 2 rings (SSSR count). The summed E-state index contributed by atoms with van der Waals surface area (Å²) in [4.78, 5) is 14.4. The van der Waals surface area contributed by atoms with Crippen molar-refractivity contribution in [2.45, 2.75) is 95.9 Å². The number of nitrogens with zero attached hydrogens (tertiary/aromatic N) is 1. The lowest BCUT2D eigenvalue weighted by molar-refractivity contribution is -0.0571. The third-order valence-corrected chi connectivity index (χ3v) is 6.20. The molecule has 1 amide bonds. The number of benzene rings is 1. The molecule has 0 aliphatic carbocycles. The highest BCUT2D eigenvalue weighted by molar-refractivity contribution is 5.68. The molecule has 0 unspecified atom stereocenters. The second-order valence-electron chi connectivity index (χ2n) is 8.53. The van der Waals surface area contributed by atoms with Crippen molar-refractivity contribution in [2.75, 3.05) is 7.11 Å². The molecule has 1 saturated heterocycles. The minimum absolute atomic E-state index is 0.00104. The van der Waals surface area contributed by atoms with Gasteiger partial charge in [-0.15, -0.1) is 6.58 Å². The van der Waals surface area contributed by atoms with Crippen LogP contribution < -0.4 is 0 Å².